The number of methoxy groups -OCH3 is 1. The van der Waals surface area contributed by atoms with Crippen molar-refractivity contribution in [3.63, 3.8) is 0 Å². The highest BCUT2D eigenvalue weighted by molar-refractivity contribution is 5.90. The zero-order chi connectivity index (χ0) is 21.2. The third-order valence-electron chi connectivity index (χ3n) is 4.39. The van der Waals surface area contributed by atoms with Crippen molar-refractivity contribution in [1.82, 2.24) is 10.6 Å². The molecule has 6 nitrogen and oxygen atoms in total. The molecule has 2 aromatic carbocycles. The largest absolute Gasteiger partial charge is 0.467 e. The summed E-state index contributed by atoms with van der Waals surface area (Å²) in [6.45, 7) is 1.29. The second-order valence-corrected chi connectivity index (χ2v) is 6.70. The number of carbonyl (C=O) groups excluding carboxylic acids is 3. The van der Waals surface area contributed by atoms with E-state index >= 15 is 0 Å². The molecule has 2 N–H and O–H groups in total. The molecule has 0 saturated heterocycles. The number of rotatable bonds is 9. The highest BCUT2D eigenvalue weighted by Crippen LogP contribution is 2.09. The molecule has 0 fully saturated rings. The predicted molar refractivity (Wildman–Crippen MR) is 106 cm³/mol. The number of hydrogen-bond acceptors (Lipinski definition) is 4. The van der Waals surface area contributed by atoms with E-state index in [0.29, 0.717) is 18.4 Å². The number of carbonyl (C=O) groups is 3. The molecule has 0 aliphatic rings. The molecule has 2 amide bonds. The highest BCUT2D eigenvalue weighted by Gasteiger charge is 2.27. The van der Waals surface area contributed by atoms with Gasteiger partial charge in [-0.2, -0.15) is 0 Å². The minimum atomic E-state index is -0.946. The zero-order valence-electron chi connectivity index (χ0n) is 16.5. The summed E-state index contributed by atoms with van der Waals surface area (Å²) in [5, 5.41) is 5.21. The Bertz CT molecular complexity index is 842. The van der Waals surface area contributed by atoms with Crippen molar-refractivity contribution in [3.8, 4) is 0 Å². The molecule has 2 aromatic rings. The highest BCUT2D eigenvalue weighted by atomic mass is 19.1. The number of ether oxygens (including phenoxy) is 1. The third-order valence-corrected chi connectivity index (χ3v) is 4.39. The van der Waals surface area contributed by atoms with Crippen LogP contribution in [0.4, 0.5) is 4.39 Å². The van der Waals surface area contributed by atoms with Crippen molar-refractivity contribution in [2.45, 2.75) is 38.3 Å². The van der Waals surface area contributed by atoms with Gasteiger partial charge in [-0.15, -0.1) is 0 Å². The third kappa shape index (κ3) is 7.37. The number of hydrogen-bond donors (Lipinski definition) is 2. The van der Waals surface area contributed by atoms with Gasteiger partial charge in [0.15, 0.2) is 0 Å². The van der Waals surface area contributed by atoms with Crippen molar-refractivity contribution in [2.24, 2.45) is 0 Å². The lowest BCUT2D eigenvalue weighted by Crippen LogP contribution is -2.52. The molecular formula is C22H25FN2O4. The van der Waals surface area contributed by atoms with Gasteiger partial charge in [0, 0.05) is 13.3 Å². The smallest absolute Gasteiger partial charge is 0.328 e. The molecule has 0 unspecified atom stereocenters. The summed E-state index contributed by atoms with van der Waals surface area (Å²) in [6, 6.07) is 13.5. The lowest BCUT2D eigenvalue weighted by Gasteiger charge is -2.22. The molecular weight excluding hydrogens is 375 g/mol. The second-order valence-electron chi connectivity index (χ2n) is 6.70. The van der Waals surface area contributed by atoms with Gasteiger partial charge < -0.3 is 15.4 Å². The lowest BCUT2D eigenvalue weighted by molar-refractivity contribution is -0.145. The summed E-state index contributed by atoms with van der Waals surface area (Å²) >= 11 is 0. The molecule has 0 aromatic heterocycles. The van der Waals surface area contributed by atoms with E-state index in [9.17, 15) is 18.8 Å². The molecule has 0 aliphatic carbocycles. The fourth-order valence-corrected chi connectivity index (χ4v) is 2.97. The van der Waals surface area contributed by atoms with Crippen molar-refractivity contribution < 1.29 is 23.5 Å². The molecule has 2 atom stereocenters. The Morgan fingerprint density at radius 1 is 0.966 bits per heavy atom. The van der Waals surface area contributed by atoms with Gasteiger partial charge in [-0.1, -0.05) is 42.5 Å². The summed E-state index contributed by atoms with van der Waals surface area (Å²) in [4.78, 5) is 36.5. The van der Waals surface area contributed by atoms with Crippen molar-refractivity contribution in [1.29, 1.82) is 0 Å². The van der Waals surface area contributed by atoms with Gasteiger partial charge in [-0.25, -0.2) is 9.18 Å². The van der Waals surface area contributed by atoms with E-state index in [1.54, 1.807) is 6.07 Å². The van der Waals surface area contributed by atoms with Crippen molar-refractivity contribution in [3.05, 3.63) is 71.5 Å². The monoisotopic (exact) mass is 400 g/mol. The Morgan fingerprint density at radius 2 is 1.66 bits per heavy atom. The predicted octanol–water partition coefficient (Wildman–Crippen LogP) is 2.16. The van der Waals surface area contributed by atoms with Crippen LogP contribution in [0.5, 0.6) is 0 Å². The van der Waals surface area contributed by atoms with Gasteiger partial charge in [-0.3, -0.25) is 9.59 Å². The Hall–Kier alpha value is -3.22. The first kappa shape index (κ1) is 22.1. The summed E-state index contributed by atoms with van der Waals surface area (Å²) in [5.41, 5.74) is 1.58. The van der Waals surface area contributed by atoms with E-state index in [-0.39, 0.29) is 6.42 Å². The molecule has 0 radical (unpaired) electrons. The van der Waals surface area contributed by atoms with Crippen molar-refractivity contribution >= 4 is 17.8 Å². The van der Waals surface area contributed by atoms with Crippen LogP contribution < -0.4 is 10.6 Å². The standard InChI is InChI=1S/C22H25FN2O4/c1-15(26)24-20(14-17-9-6-10-18(23)13-17)21(27)25-19(22(28)29-2)12-11-16-7-4-3-5-8-16/h3-10,13,19-20H,11-12,14H2,1-2H3,(H,24,26)(H,25,27)/t19-,20+/m1/s1. The Balaban J connectivity index is 2.09. The van der Waals surface area contributed by atoms with Crippen LogP contribution in [0, 0.1) is 5.82 Å². The molecule has 0 bridgehead atoms. The van der Waals surface area contributed by atoms with Crippen LogP contribution in [-0.4, -0.2) is 37.0 Å². The number of aryl methyl sites for hydroxylation is 1. The lowest BCUT2D eigenvalue weighted by atomic mass is 10.0. The first-order valence-electron chi connectivity index (χ1n) is 9.32. The maximum absolute atomic E-state index is 13.5. The van der Waals surface area contributed by atoms with E-state index in [1.165, 1.54) is 32.2 Å². The second kappa shape index (κ2) is 10.9. The molecule has 29 heavy (non-hydrogen) atoms. The maximum atomic E-state index is 13.5. The Morgan fingerprint density at radius 3 is 2.28 bits per heavy atom. The topological polar surface area (TPSA) is 84.5 Å². The summed E-state index contributed by atoms with van der Waals surface area (Å²) in [7, 11) is 1.25. The average molecular weight is 400 g/mol. The molecule has 7 heteroatoms. The van der Waals surface area contributed by atoms with E-state index in [2.05, 4.69) is 10.6 Å². The number of nitrogens with one attached hydrogen (secondary N) is 2. The van der Waals surface area contributed by atoms with Crippen LogP contribution in [0.1, 0.15) is 24.5 Å². The molecule has 0 heterocycles. The normalized spacial score (nSPS) is 12.5. The Labute approximate surface area is 169 Å². The first-order valence-corrected chi connectivity index (χ1v) is 9.32. The first-order chi connectivity index (χ1) is 13.9. The molecule has 2 rings (SSSR count). The number of halogens is 1. The summed E-state index contributed by atoms with van der Waals surface area (Å²) < 4.78 is 18.3. The van der Waals surface area contributed by atoms with Gasteiger partial charge in [0.25, 0.3) is 0 Å². The van der Waals surface area contributed by atoms with Gasteiger partial charge >= 0.3 is 5.97 Å². The molecule has 154 valence electrons. The summed E-state index contributed by atoms with van der Waals surface area (Å²) in [5.74, 6) is -1.94. The molecule has 0 saturated carbocycles. The average Bonchev–Trinajstić information content (AvgIpc) is 2.70. The maximum Gasteiger partial charge on any atom is 0.328 e. The van der Waals surface area contributed by atoms with Crippen LogP contribution in [0.2, 0.25) is 0 Å². The van der Waals surface area contributed by atoms with Crippen LogP contribution in [-0.2, 0) is 32.0 Å². The number of amides is 2. The van der Waals surface area contributed by atoms with Gasteiger partial charge in [0.05, 0.1) is 7.11 Å². The van der Waals surface area contributed by atoms with E-state index in [1.807, 2.05) is 30.3 Å². The van der Waals surface area contributed by atoms with Crippen LogP contribution in [0.15, 0.2) is 54.6 Å². The fourth-order valence-electron chi connectivity index (χ4n) is 2.97. The quantitative estimate of drug-likeness (QED) is 0.632. The minimum Gasteiger partial charge on any atom is -0.467 e. The number of benzene rings is 2. The number of esters is 1. The van der Waals surface area contributed by atoms with Gasteiger partial charge in [0.1, 0.15) is 17.9 Å². The fraction of sp³-hybridized carbons (Fsp3) is 0.318. The summed E-state index contributed by atoms with van der Waals surface area (Å²) in [6.07, 6.45) is 1.00. The van der Waals surface area contributed by atoms with E-state index in [0.717, 1.165) is 5.56 Å². The Kier molecular flexibility index (Phi) is 8.33. The van der Waals surface area contributed by atoms with Crippen LogP contribution >= 0.6 is 0 Å². The van der Waals surface area contributed by atoms with Gasteiger partial charge in [-0.05, 0) is 36.1 Å². The van der Waals surface area contributed by atoms with Crippen LogP contribution in [0.3, 0.4) is 0 Å². The zero-order valence-corrected chi connectivity index (χ0v) is 16.5. The van der Waals surface area contributed by atoms with E-state index < -0.39 is 35.7 Å². The molecule has 0 spiro atoms. The molecule has 0 aliphatic heterocycles. The van der Waals surface area contributed by atoms with E-state index in [4.69, 9.17) is 4.74 Å². The van der Waals surface area contributed by atoms with Crippen molar-refractivity contribution in [2.75, 3.05) is 7.11 Å². The SMILES string of the molecule is COC(=O)[C@@H](CCc1ccccc1)NC(=O)[C@H](Cc1cccc(F)c1)NC(C)=O. The van der Waals surface area contributed by atoms with Gasteiger partial charge in [0.2, 0.25) is 11.8 Å². The minimum absolute atomic E-state index is 0.0930. The van der Waals surface area contributed by atoms with Crippen LogP contribution in [0.25, 0.3) is 0 Å².